The molecule has 0 atom stereocenters. The lowest BCUT2D eigenvalue weighted by atomic mass is 10.3. The van der Waals surface area contributed by atoms with Gasteiger partial charge in [-0.2, -0.15) is 9.41 Å². The van der Waals surface area contributed by atoms with E-state index in [1.165, 1.54) is 27.8 Å². The molecule has 140 valence electrons. The lowest BCUT2D eigenvalue weighted by Crippen LogP contribution is -2.31. The highest BCUT2D eigenvalue weighted by atomic mass is 32.2. The van der Waals surface area contributed by atoms with Crippen LogP contribution >= 0.6 is 11.3 Å². The van der Waals surface area contributed by atoms with Crippen LogP contribution in [-0.2, 0) is 10.0 Å². The van der Waals surface area contributed by atoms with Crippen LogP contribution in [0.15, 0.2) is 45.7 Å². The molecule has 8 nitrogen and oxygen atoms in total. The van der Waals surface area contributed by atoms with Gasteiger partial charge in [0.25, 0.3) is 5.69 Å². The van der Waals surface area contributed by atoms with E-state index in [4.69, 9.17) is 0 Å². The Morgan fingerprint density at radius 1 is 1.31 bits per heavy atom. The second kappa shape index (κ2) is 8.39. The fourth-order valence-electron chi connectivity index (χ4n) is 2.32. The number of thiophene rings is 1. The molecule has 0 radical (unpaired) electrons. The van der Waals surface area contributed by atoms with E-state index in [0.29, 0.717) is 5.71 Å². The van der Waals surface area contributed by atoms with E-state index in [2.05, 4.69) is 10.5 Å². The summed E-state index contributed by atoms with van der Waals surface area (Å²) >= 11 is 1.51. The molecule has 1 heterocycles. The van der Waals surface area contributed by atoms with Crippen molar-refractivity contribution >= 4 is 38.4 Å². The smallest absolute Gasteiger partial charge is 0.270 e. The van der Waals surface area contributed by atoms with Crippen molar-refractivity contribution in [3.63, 3.8) is 0 Å². The molecule has 10 heteroatoms. The Balaban J connectivity index is 2.49. The van der Waals surface area contributed by atoms with Crippen molar-refractivity contribution in [1.29, 1.82) is 0 Å². The van der Waals surface area contributed by atoms with Crippen LogP contribution in [-0.4, -0.2) is 36.4 Å². The molecule has 1 N–H and O–H groups in total. The van der Waals surface area contributed by atoms with Crippen LogP contribution in [0.2, 0.25) is 0 Å². The van der Waals surface area contributed by atoms with Crippen molar-refractivity contribution in [2.24, 2.45) is 5.10 Å². The van der Waals surface area contributed by atoms with Gasteiger partial charge in [0.05, 0.1) is 16.3 Å². The quantitative estimate of drug-likeness (QED) is 0.417. The number of nitrogens with zero attached hydrogens (tertiary/aromatic N) is 3. The SMILES string of the molecule is CCN(CC)S(=O)(=O)c1cc([N+](=O)[O-])ccc1NN=C(C)c1cccs1. The van der Waals surface area contributed by atoms with Crippen LogP contribution in [0, 0.1) is 10.1 Å². The third-order valence-electron chi connectivity index (χ3n) is 3.72. The van der Waals surface area contributed by atoms with Gasteiger partial charge >= 0.3 is 0 Å². The molecule has 0 bridgehead atoms. The van der Waals surface area contributed by atoms with Crippen LogP contribution < -0.4 is 5.43 Å². The van der Waals surface area contributed by atoms with Crippen LogP contribution in [0.1, 0.15) is 25.6 Å². The monoisotopic (exact) mass is 396 g/mol. The van der Waals surface area contributed by atoms with E-state index in [9.17, 15) is 18.5 Å². The van der Waals surface area contributed by atoms with E-state index >= 15 is 0 Å². The predicted octanol–water partition coefficient (Wildman–Crippen LogP) is 3.52. The number of rotatable bonds is 8. The van der Waals surface area contributed by atoms with Crippen molar-refractivity contribution in [3.8, 4) is 0 Å². The fourth-order valence-corrected chi connectivity index (χ4v) is 4.61. The van der Waals surface area contributed by atoms with Gasteiger partial charge in [0.1, 0.15) is 4.90 Å². The molecule has 1 aromatic carbocycles. The minimum atomic E-state index is -3.89. The van der Waals surface area contributed by atoms with Gasteiger partial charge in [-0.3, -0.25) is 15.5 Å². The van der Waals surface area contributed by atoms with E-state index < -0.39 is 14.9 Å². The normalized spacial score (nSPS) is 12.4. The van der Waals surface area contributed by atoms with Gasteiger partial charge in [-0.05, 0) is 24.4 Å². The highest BCUT2D eigenvalue weighted by Gasteiger charge is 2.27. The Morgan fingerprint density at radius 2 is 2.00 bits per heavy atom. The maximum Gasteiger partial charge on any atom is 0.270 e. The largest absolute Gasteiger partial charge is 0.277 e. The molecule has 0 aliphatic carbocycles. The summed E-state index contributed by atoms with van der Waals surface area (Å²) in [7, 11) is -3.89. The highest BCUT2D eigenvalue weighted by molar-refractivity contribution is 7.89. The summed E-state index contributed by atoms with van der Waals surface area (Å²) in [4.78, 5) is 11.2. The Morgan fingerprint density at radius 3 is 2.54 bits per heavy atom. The van der Waals surface area contributed by atoms with E-state index in [1.807, 2.05) is 17.5 Å². The second-order valence-corrected chi connectivity index (χ2v) is 8.17. The second-order valence-electron chi connectivity index (χ2n) is 5.31. The number of non-ortho nitro benzene ring substituents is 1. The molecule has 0 amide bonds. The first-order valence-corrected chi connectivity index (χ1v) is 10.3. The summed E-state index contributed by atoms with van der Waals surface area (Å²) in [6, 6.07) is 7.46. The maximum atomic E-state index is 12.9. The van der Waals surface area contributed by atoms with Gasteiger partial charge in [-0.25, -0.2) is 8.42 Å². The van der Waals surface area contributed by atoms with Gasteiger partial charge in [-0.1, -0.05) is 19.9 Å². The minimum absolute atomic E-state index is 0.168. The average Bonchev–Trinajstić information content (AvgIpc) is 3.15. The number of anilines is 1. The maximum absolute atomic E-state index is 12.9. The van der Waals surface area contributed by atoms with Gasteiger partial charge < -0.3 is 0 Å². The van der Waals surface area contributed by atoms with Crippen LogP contribution in [0.3, 0.4) is 0 Å². The van der Waals surface area contributed by atoms with Crippen LogP contribution in [0.25, 0.3) is 0 Å². The molecule has 2 rings (SSSR count). The summed E-state index contributed by atoms with van der Waals surface area (Å²) in [6.07, 6.45) is 0. The highest BCUT2D eigenvalue weighted by Crippen LogP contribution is 2.29. The number of hydrazone groups is 1. The van der Waals surface area contributed by atoms with Crippen molar-refractivity contribution < 1.29 is 13.3 Å². The average molecular weight is 396 g/mol. The molecule has 0 unspecified atom stereocenters. The van der Waals surface area contributed by atoms with Gasteiger partial charge in [0.2, 0.25) is 10.0 Å². The van der Waals surface area contributed by atoms with Crippen molar-refractivity contribution in [1.82, 2.24) is 4.31 Å². The summed E-state index contributed by atoms with van der Waals surface area (Å²) in [5, 5.41) is 17.2. The minimum Gasteiger partial charge on any atom is -0.277 e. The van der Waals surface area contributed by atoms with Crippen LogP contribution in [0.4, 0.5) is 11.4 Å². The zero-order valence-electron chi connectivity index (χ0n) is 14.7. The first-order valence-electron chi connectivity index (χ1n) is 7.94. The molecule has 0 fully saturated rings. The lowest BCUT2D eigenvalue weighted by Gasteiger charge is -2.20. The summed E-state index contributed by atoms with van der Waals surface area (Å²) in [5.41, 5.74) is 3.33. The Kier molecular flexibility index (Phi) is 6.46. The van der Waals surface area contributed by atoms with Crippen molar-refractivity contribution in [3.05, 3.63) is 50.7 Å². The zero-order chi connectivity index (χ0) is 19.3. The van der Waals surface area contributed by atoms with Gasteiger partial charge in [-0.15, -0.1) is 11.3 Å². The summed E-state index contributed by atoms with van der Waals surface area (Å²) in [6.45, 7) is 5.74. The molecule has 0 saturated carbocycles. The number of nitrogens with one attached hydrogen (secondary N) is 1. The number of benzene rings is 1. The van der Waals surface area contributed by atoms with Crippen molar-refractivity contribution in [2.45, 2.75) is 25.7 Å². The number of sulfonamides is 1. The number of hydrogen-bond donors (Lipinski definition) is 1. The first-order chi connectivity index (χ1) is 12.3. The molecule has 0 aliphatic heterocycles. The summed E-state index contributed by atoms with van der Waals surface area (Å²) < 4.78 is 27.0. The van der Waals surface area contributed by atoms with Gasteiger partial charge in [0, 0.05) is 30.1 Å². The molecular weight excluding hydrogens is 376 g/mol. The lowest BCUT2D eigenvalue weighted by molar-refractivity contribution is -0.385. The third-order valence-corrected chi connectivity index (χ3v) is 6.79. The van der Waals surface area contributed by atoms with E-state index in [0.717, 1.165) is 10.9 Å². The van der Waals surface area contributed by atoms with Gasteiger partial charge in [0.15, 0.2) is 0 Å². The fraction of sp³-hybridized carbons (Fsp3) is 0.312. The third kappa shape index (κ3) is 4.26. The topological polar surface area (TPSA) is 105 Å². The Labute approximate surface area is 156 Å². The van der Waals surface area contributed by atoms with E-state index in [1.54, 1.807) is 20.8 Å². The molecule has 26 heavy (non-hydrogen) atoms. The number of nitro benzene ring substituents is 1. The van der Waals surface area contributed by atoms with E-state index in [-0.39, 0.29) is 29.4 Å². The number of hydrogen-bond acceptors (Lipinski definition) is 7. The molecule has 0 aliphatic rings. The molecule has 1 aromatic heterocycles. The molecule has 2 aromatic rings. The predicted molar refractivity (Wildman–Crippen MR) is 103 cm³/mol. The number of nitro groups is 1. The Bertz CT molecular complexity index is 904. The molecule has 0 spiro atoms. The Hall–Kier alpha value is -2.30. The zero-order valence-corrected chi connectivity index (χ0v) is 16.3. The van der Waals surface area contributed by atoms with Crippen molar-refractivity contribution in [2.75, 3.05) is 18.5 Å². The molecule has 0 saturated heterocycles. The standard InChI is InChI=1S/C16H20N4O4S2/c1-4-19(5-2)26(23,24)16-11-13(20(21)22)8-9-14(16)18-17-12(3)15-7-6-10-25-15/h6-11,18H,4-5H2,1-3H3. The molecular formula is C16H20N4O4S2. The summed E-state index contributed by atoms with van der Waals surface area (Å²) in [5.74, 6) is 0. The first kappa shape index (κ1) is 20.0. The van der Waals surface area contributed by atoms with Crippen LogP contribution in [0.5, 0.6) is 0 Å².